The smallest absolute Gasteiger partial charge is 0.253 e. The number of aromatic amines is 1. The fraction of sp³-hybridized carbons (Fsp3) is 0.391. The molecule has 1 aromatic carbocycles. The maximum Gasteiger partial charge on any atom is 0.253 e. The van der Waals surface area contributed by atoms with E-state index in [1.807, 2.05) is 6.07 Å². The normalized spacial score (nSPS) is 17.1. The van der Waals surface area contributed by atoms with Crippen molar-refractivity contribution in [3.63, 3.8) is 0 Å². The zero-order chi connectivity index (χ0) is 20.7. The van der Waals surface area contributed by atoms with Gasteiger partial charge in [0, 0.05) is 50.2 Å². The molecule has 1 fully saturated rings. The predicted octanol–water partition coefficient (Wildman–Crippen LogP) is 3.05. The highest BCUT2D eigenvalue weighted by atomic mass is 19.1. The van der Waals surface area contributed by atoms with Crippen molar-refractivity contribution < 1.29 is 4.39 Å². The van der Waals surface area contributed by atoms with E-state index >= 15 is 0 Å². The summed E-state index contributed by atoms with van der Waals surface area (Å²) in [6.07, 6.45) is 1.83. The number of nitrogens with zero attached hydrogens (tertiary/aromatic N) is 3. The second-order valence-electron chi connectivity index (χ2n) is 8.25. The molecule has 0 unspecified atom stereocenters. The van der Waals surface area contributed by atoms with Crippen LogP contribution < -0.4 is 15.8 Å². The van der Waals surface area contributed by atoms with Crippen molar-refractivity contribution in [2.45, 2.75) is 26.3 Å². The summed E-state index contributed by atoms with van der Waals surface area (Å²) in [5.74, 6) is 0.262. The lowest BCUT2D eigenvalue weighted by molar-refractivity contribution is 0.249. The van der Waals surface area contributed by atoms with Gasteiger partial charge in [-0.2, -0.15) is 4.39 Å². The molecule has 0 amide bonds. The lowest BCUT2D eigenvalue weighted by atomic mass is 9.97. The van der Waals surface area contributed by atoms with E-state index in [2.05, 4.69) is 44.1 Å². The quantitative estimate of drug-likeness (QED) is 0.654. The molecule has 2 aliphatic rings. The van der Waals surface area contributed by atoms with Gasteiger partial charge in [0.1, 0.15) is 5.82 Å². The van der Waals surface area contributed by atoms with Crippen molar-refractivity contribution in [3.8, 4) is 0 Å². The average molecular weight is 407 g/mol. The molecule has 0 bridgehead atoms. The Morgan fingerprint density at radius 3 is 2.80 bits per heavy atom. The Balaban J connectivity index is 1.34. The number of pyridine rings is 2. The Hall–Kier alpha value is -2.93. The van der Waals surface area contributed by atoms with Gasteiger partial charge in [-0.3, -0.25) is 9.69 Å². The molecule has 1 saturated heterocycles. The molecule has 2 N–H and O–H groups in total. The Bertz CT molecular complexity index is 1150. The Morgan fingerprint density at radius 2 is 2.00 bits per heavy atom. The predicted molar refractivity (Wildman–Crippen MR) is 118 cm³/mol. The molecule has 0 aliphatic carbocycles. The van der Waals surface area contributed by atoms with Crippen LogP contribution in [0.4, 0.5) is 15.9 Å². The van der Waals surface area contributed by atoms with Gasteiger partial charge >= 0.3 is 0 Å². The number of hydrogen-bond donors (Lipinski definition) is 2. The van der Waals surface area contributed by atoms with Crippen molar-refractivity contribution >= 4 is 22.4 Å². The number of anilines is 2. The molecule has 0 spiro atoms. The van der Waals surface area contributed by atoms with E-state index in [1.165, 1.54) is 17.2 Å². The SMILES string of the molecule is Cc1cc(CN2CCN(c3cccc(F)n3)CC2)cc2[nH]c(=O)c3c(c12)NCCC3. The number of benzene rings is 1. The maximum absolute atomic E-state index is 13.4. The summed E-state index contributed by atoms with van der Waals surface area (Å²) in [5.41, 5.74) is 5.21. The summed E-state index contributed by atoms with van der Waals surface area (Å²) in [4.78, 5) is 24.2. The number of piperazine rings is 1. The Morgan fingerprint density at radius 1 is 1.17 bits per heavy atom. The number of fused-ring (bicyclic) bond motifs is 3. The summed E-state index contributed by atoms with van der Waals surface area (Å²) in [7, 11) is 0. The van der Waals surface area contributed by atoms with E-state index in [-0.39, 0.29) is 5.56 Å². The fourth-order valence-electron chi connectivity index (χ4n) is 4.72. The molecule has 5 rings (SSSR count). The Kier molecular flexibility index (Phi) is 4.90. The number of hydrogen-bond acceptors (Lipinski definition) is 5. The van der Waals surface area contributed by atoms with Crippen LogP contribution in [0.25, 0.3) is 10.9 Å². The zero-order valence-corrected chi connectivity index (χ0v) is 17.2. The van der Waals surface area contributed by atoms with Crippen molar-refractivity contribution in [3.05, 3.63) is 63.3 Å². The third kappa shape index (κ3) is 3.54. The monoisotopic (exact) mass is 407 g/mol. The van der Waals surface area contributed by atoms with Crippen molar-refractivity contribution in [1.29, 1.82) is 0 Å². The first-order valence-corrected chi connectivity index (χ1v) is 10.6. The summed E-state index contributed by atoms with van der Waals surface area (Å²) in [5, 5.41) is 4.58. The minimum absolute atomic E-state index is 0.0254. The van der Waals surface area contributed by atoms with Crippen LogP contribution in [0.5, 0.6) is 0 Å². The first-order valence-electron chi connectivity index (χ1n) is 10.6. The van der Waals surface area contributed by atoms with E-state index in [9.17, 15) is 9.18 Å². The molecule has 0 saturated carbocycles. The molecule has 2 aromatic heterocycles. The second-order valence-corrected chi connectivity index (χ2v) is 8.25. The first kappa shape index (κ1) is 19.1. The third-order valence-electron chi connectivity index (χ3n) is 6.18. The molecule has 0 atom stereocenters. The van der Waals surface area contributed by atoms with Crippen LogP contribution >= 0.6 is 0 Å². The summed E-state index contributed by atoms with van der Waals surface area (Å²) >= 11 is 0. The molecule has 156 valence electrons. The molecule has 30 heavy (non-hydrogen) atoms. The standard InChI is InChI=1S/C23H26FN5O/c1-15-12-16(13-18-21(15)22-17(23(30)26-18)4-3-7-25-22)14-28-8-10-29(11-9-28)20-6-2-5-19(24)27-20/h2,5-6,12-13,25H,3-4,7-11,14H2,1H3,(H,26,30). The van der Waals surface area contributed by atoms with Crippen molar-refractivity contribution in [1.82, 2.24) is 14.9 Å². The van der Waals surface area contributed by atoms with E-state index in [1.54, 1.807) is 6.07 Å². The average Bonchev–Trinajstić information content (AvgIpc) is 2.74. The lowest BCUT2D eigenvalue weighted by Gasteiger charge is -2.35. The van der Waals surface area contributed by atoms with Gasteiger partial charge < -0.3 is 15.2 Å². The van der Waals surface area contributed by atoms with Gasteiger partial charge in [-0.1, -0.05) is 12.1 Å². The second kappa shape index (κ2) is 7.72. The van der Waals surface area contributed by atoms with Crippen LogP contribution in [0.3, 0.4) is 0 Å². The molecule has 4 heterocycles. The number of H-pyrrole nitrogens is 1. The van der Waals surface area contributed by atoms with Gasteiger partial charge in [0.15, 0.2) is 0 Å². The van der Waals surface area contributed by atoms with Crippen LogP contribution in [0.2, 0.25) is 0 Å². The molecule has 2 aliphatic heterocycles. The number of nitrogens with one attached hydrogen (secondary N) is 2. The van der Waals surface area contributed by atoms with Crippen molar-refractivity contribution in [2.24, 2.45) is 0 Å². The van der Waals surface area contributed by atoms with Crippen LogP contribution in [-0.4, -0.2) is 47.6 Å². The van der Waals surface area contributed by atoms with Crippen LogP contribution in [0.1, 0.15) is 23.1 Å². The van der Waals surface area contributed by atoms with Gasteiger partial charge in [-0.25, -0.2) is 4.98 Å². The van der Waals surface area contributed by atoms with Crippen LogP contribution in [0.15, 0.2) is 35.1 Å². The highest BCUT2D eigenvalue weighted by Crippen LogP contribution is 2.31. The minimum Gasteiger partial charge on any atom is -0.384 e. The van der Waals surface area contributed by atoms with Gasteiger partial charge in [-0.05, 0) is 49.1 Å². The van der Waals surface area contributed by atoms with Crippen LogP contribution in [-0.2, 0) is 13.0 Å². The fourth-order valence-corrected chi connectivity index (χ4v) is 4.72. The van der Waals surface area contributed by atoms with Gasteiger partial charge in [0.25, 0.3) is 5.56 Å². The molecule has 0 radical (unpaired) electrons. The van der Waals surface area contributed by atoms with E-state index < -0.39 is 5.95 Å². The topological polar surface area (TPSA) is 64.3 Å². The Labute approximate surface area is 174 Å². The van der Waals surface area contributed by atoms with E-state index in [4.69, 9.17) is 0 Å². The zero-order valence-electron chi connectivity index (χ0n) is 17.2. The number of rotatable bonds is 3. The minimum atomic E-state index is -0.438. The molecule has 3 aromatic rings. The highest BCUT2D eigenvalue weighted by molar-refractivity contribution is 5.96. The molecular formula is C23H26FN5O. The van der Waals surface area contributed by atoms with Gasteiger partial charge in [0.05, 0.1) is 11.2 Å². The van der Waals surface area contributed by atoms with Gasteiger partial charge in [0.2, 0.25) is 5.95 Å². The highest BCUT2D eigenvalue weighted by Gasteiger charge is 2.21. The first-order chi connectivity index (χ1) is 14.6. The summed E-state index contributed by atoms with van der Waals surface area (Å²) in [6.45, 7) is 7.27. The summed E-state index contributed by atoms with van der Waals surface area (Å²) in [6, 6.07) is 9.28. The number of halogens is 1. The van der Waals surface area contributed by atoms with Gasteiger partial charge in [-0.15, -0.1) is 0 Å². The van der Waals surface area contributed by atoms with Crippen LogP contribution in [0, 0.1) is 12.9 Å². The summed E-state index contributed by atoms with van der Waals surface area (Å²) < 4.78 is 13.4. The molecule has 6 nitrogen and oxygen atoms in total. The van der Waals surface area contributed by atoms with E-state index in [0.29, 0.717) is 5.82 Å². The van der Waals surface area contributed by atoms with E-state index in [0.717, 1.165) is 74.3 Å². The molecular weight excluding hydrogens is 381 g/mol. The third-order valence-corrected chi connectivity index (χ3v) is 6.18. The number of aromatic nitrogens is 2. The molecule has 7 heteroatoms. The largest absolute Gasteiger partial charge is 0.384 e. The lowest BCUT2D eigenvalue weighted by Crippen LogP contribution is -2.46. The number of aryl methyl sites for hydroxylation is 1. The van der Waals surface area contributed by atoms with Crippen molar-refractivity contribution in [2.75, 3.05) is 42.9 Å². The maximum atomic E-state index is 13.4.